The number of esters is 1. The van der Waals surface area contributed by atoms with Crippen LogP contribution in [0.1, 0.15) is 19.3 Å². The highest BCUT2D eigenvalue weighted by Crippen LogP contribution is 2.18. The van der Waals surface area contributed by atoms with Gasteiger partial charge < -0.3 is 20.3 Å². The van der Waals surface area contributed by atoms with Crippen molar-refractivity contribution in [1.29, 1.82) is 0 Å². The highest BCUT2D eigenvalue weighted by Gasteiger charge is 2.37. The fourth-order valence-corrected chi connectivity index (χ4v) is 2.14. The zero-order valence-corrected chi connectivity index (χ0v) is 11.4. The predicted octanol–water partition coefficient (Wildman–Crippen LogP) is -1.42. The summed E-state index contributed by atoms with van der Waals surface area (Å²) in [6, 6.07) is -0.611. The smallest absolute Gasteiger partial charge is 0.323 e. The van der Waals surface area contributed by atoms with Crippen LogP contribution in [0.15, 0.2) is 0 Å². The normalized spacial score (nSPS) is 22.5. The molecule has 1 aliphatic rings. The molecule has 114 valence electrons. The van der Waals surface area contributed by atoms with E-state index < -0.39 is 24.1 Å². The van der Waals surface area contributed by atoms with Gasteiger partial charge in [0.15, 0.2) is 0 Å². The summed E-state index contributed by atoms with van der Waals surface area (Å²) in [5.74, 6) is -1.69. The van der Waals surface area contributed by atoms with Gasteiger partial charge in [0, 0.05) is 25.9 Å². The zero-order chi connectivity index (χ0) is 15.1. The molecular formula is C12H20N2O6. The largest absolute Gasteiger partial charge is 0.481 e. The van der Waals surface area contributed by atoms with Crippen LogP contribution < -0.4 is 5.32 Å². The number of amides is 1. The predicted molar refractivity (Wildman–Crippen MR) is 67.9 cm³/mol. The first-order valence-electron chi connectivity index (χ1n) is 6.42. The second kappa shape index (κ2) is 7.81. The number of β-amino-alcohol motifs (C(OH)–C–C–N with tert-alkyl or cyclic N) is 1. The van der Waals surface area contributed by atoms with Crippen molar-refractivity contribution in [2.75, 3.05) is 26.7 Å². The third-order valence-electron chi connectivity index (χ3n) is 3.09. The number of hydrogen-bond donors (Lipinski definition) is 3. The fraction of sp³-hybridized carbons (Fsp3) is 0.750. The molecule has 1 heterocycles. The van der Waals surface area contributed by atoms with E-state index in [1.165, 1.54) is 7.11 Å². The van der Waals surface area contributed by atoms with Crippen molar-refractivity contribution in [2.24, 2.45) is 0 Å². The summed E-state index contributed by atoms with van der Waals surface area (Å²) in [6.07, 6.45) is -0.0599. The van der Waals surface area contributed by atoms with Crippen LogP contribution in [0.25, 0.3) is 0 Å². The molecule has 0 spiro atoms. The monoisotopic (exact) mass is 288 g/mol. The lowest BCUT2D eigenvalue weighted by molar-refractivity contribution is -0.146. The van der Waals surface area contributed by atoms with Gasteiger partial charge >= 0.3 is 11.9 Å². The number of carbonyl (C=O) groups excluding carboxylic acids is 2. The van der Waals surface area contributed by atoms with E-state index in [0.29, 0.717) is 6.42 Å². The maximum Gasteiger partial charge on any atom is 0.323 e. The molecule has 1 saturated heterocycles. The van der Waals surface area contributed by atoms with Crippen molar-refractivity contribution in [3.8, 4) is 0 Å². The molecule has 8 nitrogen and oxygen atoms in total. The first kappa shape index (κ1) is 16.4. The number of aliphatic carboxylic acids is 1. The number of nitrogens with one attached hydrogen (secondary N) is 1. The van der Waals surface area contributed by atoms with Crippen molar-refractivity contribution in [1.82, 2.24) is 10.2 Å². The molecular weight excluding hydrogens is 268 g/mol. The van der Waals surface area contributed by atoms with Crippen molar-refractivity contribution in [2.45, 2.75) is 31.4 Å². The van der Waals surface area contributed by atoms with E-state index >= 15 is 0 Å². The van der Waals surface area contributed by atoms with Gasteiger partial charge in [-0.1, -0.05) is 0 Å². The Balaban J connectivity index is 2.36. The molecule has 0 saturated carbocycles. The number of hydrogen-bond acceptors (Lipinski definition) is 6. The standard InChI is InChI=1S/C12H20N2O6/c1-20-12(19)9-5-8(15)6-14(9)7-10(16)13-4-2-3-11(17)18/h8-9,15H,2-7H2,1H3,(H,13,16)(H,17,18). The minimum Gasteiger partial charge on any atom is -0.481 e. The molecule has 0 aromatic carbocycles. The molecule has 2 unspecified atom stereocenters. The van der Waals surface area contributed by atoms with Gasteiger partial charge in [-0.25, -0.2) is 0 Å². The van der Waals surface area contributed by atoms with Crippen LogP contribution >= 0.6 is 0 Å². The van der Waals surface area contributed by atoms with Gasteiger partial charge in [-0.05, 0) is 6.42 Å². The fourth-order valence-electron chi connectivity index (χ4n) is 2.14. The summed E-state index contributed by atoms with van der Waals surface area (Å²) in [5.41, 5.74) is 0. The third-order valence-corrected chi connectivity index (χ3v) is 3.09. The Hall–Kier alpha value is -1.67. The van der Waals surface area contributed by atoms with Gasteiger partial charge in [-0.2, -0.15) is 0 Å². The minimum atomic E-state index is -0.910. The van der Waals surface area contributed by atoms with Crippen molar-refractivity contribution in [3.05, 3.63) is 0 Å². The van der Waals surface area contributed by atoms with E-state index in [-0.39, 0.29) is 38.4 Å². The van der Waals surface area contributed by atoms with Crippen LogP contribution in [-0.4, -0.2) is 71.8 Å². The molecule has 20 heavy (non-hydrogen) atoms. The Labute approximate surface area is 116 Å². The minimum absolute atomic E-state index is 0.00645. The highest BCUT2D eigenvalue weighted by molar-refractivity contribution is 5.81. The Morgan fingerprint density at radius 3 is 2.70 bits per heavy atom. The van der Waals surface area contributed by atoms with Crippen LogP contribution in [0.2, 0.25) is 0 Å². The van der Waals surface area contributed by atoms with Crippen LogP contribution in [0.5, 0.6) is 0 Å². The zero-order valence-electron chi connectivity index (χ0n) is 11.4. The van der Waals surface area contributed by atoms with E-state index in [9.17, 15) is 19.5 Å². The average molecular weight is 288 g/mol. The Bertz CT molecular complexity index is 373. The molecule has 1 amide bonds. The average Bonchev–Trinajstić information content (AvgIpc) is 2.74. The van der Waals surface area contributed by atoms with Crippen LogP contribution in [0, 0.1) is 0 Å². The highest BCUT2D eigenvalue weighted by atomic mass is 16.5. The Morgan fingerprint density at radius 2 is 2.10 bits per heavy atom. The number of likely N-dealkylation sites (tertiary alicyclic amines) is 1. The lowest BCUT2D eigenvalue weighted by atomic mass is 10.2. The lowest BCUT2D eigenvalue weighted by Gasteiger charge is -2.21. The molecule has 0 aliphatic carbocycles. The summed E-state index contributed by atoms with van der Waals surface area (Å²) in [6.45, 7) is 0.483. The number of carboxylic acids is 1. The molecule has 3 N–H and O–H groups in total. The van der Waals surface area contributed by atoms with Gasteiger partial charge in [0.1, 0.15) is 6.04 Å². The quantitative estimate of drug-likeness (QED) is 0.388. The summed E-state index contributed by atoms with van der Waals surface area (Å²) in [5, 5.41) is 20.6. The number of rotatable bonds is 7. The molecule has 2 atom stereocenters. The number of aliphatic hydroxyl groups is 1. The first-order chi connectivity index (χ1) is 9.43. The molecule has 0 radical (unpaired) electrons. The van der Waals surface area contributed by atoms with Gasteiger partial charge in [-0.3, -0.25) is 19.3 Å². The molecule has 1 aliphatic heterocycles. The van der Waals surface area contributed by atoms with Crippen molar-refractivity contribution >= 4 is 17.8 Å². The van der Waals surface area contributed by atoms with Gasteiger partial charge in [0.25, 0.3) is 0 Å². The van der Waals surface area contributed by atoms with Gasteiger partial charge in [-0.15, -0.1) is 0 Å². The number of ether oxygens (including phenoxy) is 1. The number of aliphatic hydroxyl groups excluding tert-OH is 1. The molecule has 1 rings (SSSR count). The summed E-state index contributed by atoms with van der Waals surface area (Å²) in [4.78, 5) is 35.1. The summed E-state index contributed by atoms with van der Waals surface area (Å²) < 4.78 is 4.63. The van der Waals surface area contributed by atoms with Crippen LogP contribution in [0.4, 0.5) is 0 Å². The van der Waals surface area contributed by atoms with E-state index in [1.54, 1.807) is 4.90 Å². The second-order valence-electron chi connectivity index (χ2n) is 4.71. The number of carboxylic acid groups (broad SMARTS) is 1. The molecule has 1 fully saturated rings. The summed E-state index contributed by atoms with van der Waals surface area (Å²) in [7, 11) is 1.26. The number of nitrogens with zero attached hydrogens (tertiary/aromatic N) is 1. The molecule has 0 aromatic rings. The Kier molecular flexibility index (Phi) is 6.40. The van der Waals surface area contributed by atoms with Crippen LogP contribution in [0.3, 0.4) is 0 Å². The SMILES string of the molecule is COC(=O)C1CC(O)CN1CC(=O)NCCCC(=O)O. The molecule has 0 aromatic heterocycles. The van der Waals surface area contributed by atoms with Gasteiger partial charge in [0.05, 0.1) is 19.8 Å². The number of methoxy groups -OCH3 is 1. The molecule has 0 bridgehead atoms. The third kappa shape index (κ3) is 5.14. The van der Waals surface area contributed by atoms with E-state index in [4.69, 9.17) is 5.11 Å². The first-order valence-corrected chi connectivity index (χ1v) is 6.42. The Morgan fingerprint density at radius 1 is 1.40 bits per heavy atom. The van der Waals surface area contributed by atoms with E-state index in [2.05, 4.69) is 10.1 Å². The maximum atomic E-state index is 11.7. The van der Waals surface area contributed by atoms with Gasteiger partial charge in [0.2, 0.25) is 5.91 Å². The maximum absolute atomic E-state index is 11.7. The summed E-state index contributed by atoms with van der Waals surface area (Å²) >= 11 is 0. The topological polar surface area (TPSA) is 116 Å². The van der Waals surface area contributed by atoms with Crippen LogP contribution in [-0.2, 0) is 19.1 Å². The molecule has 8 heteroatoms. The second-order valence-corrected chi connectivity index (χ2v) is 4.71. The number of carbonyl (C=O) groups is 3. The van der Waals surface area contributed by atoms with E-state index in [0.717, 1.165) is 0 Å². The van der Waals surface area contributed by atoms with Crippen molar-refractivity contribution < 1.29 is 29.3 Å². The van der Waals surface area contributed by atoms with Crippen molar-refractivity contribution in [3.63, 3.8) is 0 Å². The van der Waals surface area contributed by atoms with E-state index in [1.807, 2.05) is 0 Å². The lowest BCUT2D eigenvalue weighted by Crippen LogP contribution is -2.43.